The molecule has 0 heterocycles. The maximum Gasteiger partial charge on any atom is 1.00 e. The topological polar surface area (TPSA) is 304 Å². The van der Waals surface area contributed by atoms with E-state index in [4.69, 9.17) is 54.6 Å². The number of carboxylic acids is 4. The Morgan fingerprint density at radius 2 is 0.542 bits per heavy atom. The van der Waals surface area contributed by atoms with Crippen LogP contribution < -0.4 is 34.7 Å². The van der Waals surface area contributed by atoms with E-state index in [1.165, 1.54) is 0 Å². The van der Waals surface area contributed by atoms with Gasteiger partial charge < -0.3 is 51.9 Å². The van der Waals surface area contributed by atoms with Gasteiger partial charge in [0.25, 0.3) is 23.9 Å². The fourth-order valence-corrected chi connectivity index (χ4v) is 0. The minimum absolute atomic E-state index is 0. The average Bonchev–Trinajstić information content (AvgIpc) is 1.94. The van der Waals surface area contributed by atoms with Crippen LogP contribution in [0.15, 0.2) is 0 Å². The van der Waals surface area contributed by atoms with Gasteiger partial charge in [-0.25, -0.2) is 0 Å². The molecule has 15 heteroatoms. The maximum absolute atomic E-state index is 9.00. The van der Waals surface area contributed by atoms with Crippen molar-refractivity contribution < 1.29 is 101 Å². The molecule has 0 aromatic heterocycles. The second kappa shape index (κ2) is 49.7. The van der Waals surface area contributed by atoms with Gasteiger partial charge in [-0.1, -0.05) is 0 Å². The summed E-state index contributed by atoms with van der Waals surface area (Å²) in [5.41, 5.74) is 0. The molecule has 0 bridgehead atoms. The minimum Gasteiger partial charge on any atom is -0.565 e. The van der Waals surface area contributed by atoms with Gasteiger partial charge in [0.15, 0.2) is 0 Å². The molecule has 0 aliphatic rings. The fraction of sp³-hybridized carbons (Fsp3) is 0.444. The third-order valence-corrected chi connectivity index (χ3v) is 0. The van der Waals surface area contributed by atoms with E-state index in [1.54, 1.807) is 0 Å². The van der Waals surface area contributed by atoms with Gasteiger partial charge in [0.05, 0.1) is 0 Å². The number of carbonyl (C=O) groups is 5. The SMILES string of the molecule is CC(=O)O.CC(=O)O.CC(=O)O.CC(=O)O.O.O.O.O=C([O-])O.[Na+]. The Labute approximate surface area is 158 Å². The van der Waals surface area contributed by atoms with Crippen LogP contribution in [0, 0.1) is 0 Å². The second-order valence-electron chi connectivity index (χ2n) is 2.34. The molecule has 0 saturated heterocycles. The number of aliphatic carboxylic acids is 4. The first-order chi connectivity index (χ1) is 8.66. The van der Waals surface area contributed by atoms with Crippen molar-refractivity contribution in [3.05, 3.63) is 0 Å². The Morgan fingerprint density at radius 3 is 0.542 bits per heavy atom. The molecule has 0 radical (unpaired) electrons. The average molecular weight is 378 g/mol. The summed E-state index contributed by atoms with van der Waals surface area (Å²) in [5, 5.41) is 45.0. The largest absolute Gasteiger partial charge is 1.00 e. The zero-order valence-corrected chi connectivity index (χ0v) is 15.7. The van der Waals surface area contributed by atoms with Crippen LogP contribution in [0.5, 0.6) is 0 Å². The fourth-order valence-electron chi connectivity index (χ4n) is 0. The minimum atomic E-state index is -2.08. The van der Waals surface area contributed by atoms with Crippen LogP contribution in [0.3, 0.4) is 0 Å². The van der Waals surface area contributed by atoms with E-state index in [2.05, 4.69) is 0 Å². The second-order valence-corrected chi connectivity index (χ2v) is 2.34. The van der Waals surface area contributed by atoms with Gasteiger partial charge in [-0.15, -0.1) is 0 Å². The molecule has 0 unspecified atom stereocenters. The van der Waals surface area contributed by atoms with Gasteiger partial charge in [-0.05, 0) is 0 Å². The molecule has 14 nitrogen and oxygen atoms in total. The van der Waals surface area contributed by atoms with Crippen molar-refractivity contribution in [2.75, 3.05) is 0 Å². The smallest absolute Gasteiger partial charge is 0.565 e. The van der Waals surface area contributed by atoms with Crippen molar-refractivity contribution in [2.45, 2.75) is 27.7 Å². The van der Waals surface area contributed by atoms with Crippen molar-refractivity contribution >= 4 is 30.0 Å². The summed E-state index contributed by atoms with van der Waals surface area (Å²) < 4.78 is 0. The Bertz CT molecular complexity index is 213. The van der Waals surface area contributed by atoms with Crippen molar-refractivity contribution in [2.24, 2.45) is 0 Å². The predicted octanol–water partition coefficient (Wildman–Crippen LogP) is -6.22. The van der Waals surface area contributed by atoms with Gasteiger partial charge in [-0.2, -0.15) is 0 Å². The third kappa shape index (κ3) is 1870. The van der Waals surface area contributed by atoms with E-state index in [1.807, 2.05) is 0 Å². The van der Waals surface area contributed by atoms with Crippen molar-refractivity contribution in [1.82, 2.24) is 0 Å². The molecule has 24 heavy (non-hydrogen) atoms. The standard InChI is InChI=1S/4C2H4O2.CH2O3.Na.3H2O/c4*1-2(3)4;2-1(3)4;;;;/h4*1H3,(H,3,4);(H2,2,3,4);;3*1H2/q;;;;;+1;;;/p-1. The Kier molecular flexibility index (Phi) is 119. The van der Waals surface area contributed by atoms with Gasteiger partial charge in [0.2, 0.25) is 6.16 Å². The van der Waals surface area contributed by atoms with Gasteiger partial charge >= 0.3 is 29.6 Å². The summed E-state index contributed by atoms with van der Waals surface area (Å²) in [5.74, 6) is -3.33. The molecule has 0 aromatic rings. The monoisotopic (exact) mass is 378 g/mol. The molecule has 0 spiro atoms. The molecule has 0 aliphatic carbocycles. The Hall–Kier alpha value is -1.97. The molecular formula is C9H23NaO14. The maximum atomic E-state index is 9.00. The molecule has 0 atom stereocenters. The Balaban J connectivity index is -0.0000000161. The zero-order valence-electron chi connectivity index (χ0n) is 13.7. The first-order valence-electron chi connectivity index (χ1n) is 4.34. The number of hydrogen-bond donors (Lipinski definition) is 5. The van der Waals surface area contributed by atoms with E-state index in [0.29, 0.717) is 0 Å². The molecule has 0 saturated carbocycles. The Morgan fingerprint density at radius 1 is 0.542 bits per heavy atom. The molecule has 0 amide bonds. The molecular weight excluding hydrogens is 355 g/mol. The van der Waals surface area contributed by atoms with Crippen molar-refractivity contribution in [3.8, 4) is 0 Å². The van der Waals surface area contributed by atoms with Crippen molar-refractivity contribution in [3.63, 3.8) is 0 Å². The van der Waals surface area contributed by atoms with Gasteiger partial charge in [-0.3, -0.25) is 19.2 Å². The van der Waals surface area contributed by atoms with Crippen LogP contribution in [0.1, 0.15) is 27.7 Å². The summed E-state index contributed by atoms with van der Waals surface area (Å²) in [6, 6.07) is 0. The molecule has 0 rings (SSSR count). The number of hydrogen-bond acceptors (Lipinski definition) is 6. The summed E-state index contributed by atoms with van der Waals surface area (Å²) in [6.07, 6.45) is -2.08. The molecule has 0 aliphatic heterocycles. The normalized spacial score (nSPS) is 5.17. The van der Waals surface area contributed by atoms with Crippen LogP contribution >= 0.6 is 0 Å². The zero-order chi connectivity index (χ0) is 17.9. The van der Waals surface area contributed by atoms with E-state index in [-0.39, 0.29) is 46.0 Å². The summed E-state index contributed by atoms with van der Waals surface area (Å²) >= 11 is 0. The van der Waals surface area contributed by atoms with E-state index in [0.717, 1.165) is 27.7 Å². The summed E-state index contributed by atoms with van der Waals surface area (Å²) in [6.45, 7) is 4.33. The molecule has 144 valence electrons. The van der Waals surface area contributed by atoms with Crippen LogP contribution in [0.4, 0.5) is 4.79 Å². The van der Waals surface area contributed by atoms with E-state index < -0.39 is 30.0 Å². The molecule has 0 fully saturated rings. The van der Waals surface area contributed by atoms with E-state index in [9.17, 15) is 0 Å². The number of carboxylic acid groups (broad SMARTS) is 6. The quantitative estimate of drug-likeness (QED) is 0.247. The molecule has 11 N–H and O–H groups in total. The van der Waals surface area contributed by atoms with Crippen molar-refractivity contribution in [1.29, 1.82) is 0 Å². The van der Waals surface area contributed by atoms with Crippen LogP contribution in [0.25, 0.3) is 0 Å². The third-order valence-electron chi connectivity index (χ3n) is 0. The first-order valence-corrected chi connectivity index (χ1v) is 4.34. The van der Waals surface area contributed by atoms with Crippen LogP contribution in [-0.4, -0.2) is 72.0 Å². The predicted molar refractivity (Wildman–Crippen MR) is 72.1 cm³/mol. The van der Waals surface area contributed by atoms with Crippen LogP contribution in [0.2, 0.25) is 0 Å². The first kappa shape index (κ1) is 57.4. The summed E-state index contributed by atoms with van der Waals surface area (Å²) in [7, 11) is 0. The van der Waals surface area contributed by atoms with Gasteiger partial charge in [0.1, 0.15) is 0 Å². The van der Waals surface area contributed by atoms with Crippen LogP contribution in [-0.2, 0) is 19.2 Å². The van der Waals surface area contributed by atoms with E-state index >= 15 is 0 Å². The molecule has 0 aromatic carbocycles. The summed E-state index contributed by atoms with van der Waals surface area (Å²) in [4.78, 5) is 44.4. The number of rotatable bonds is 0. The van der Waals surface area contributed by atoms with Gasteiger partial charge in [0, 0.05) is 27.7 Å².